The van der Waals surface area contributed by atoms with E-state index in [9.17, 15) is 4.79 Å². The summed E-state index contributed by atoms with van der Waals surface area (Å²) >= 11 is 0. The summed E-state index contributed by atoms with van der Waals surface area (Å²) in [5.41, 5.74) is 11.1. The van der Waals surface area contributed by atoms with Gasteiger partial charge < -0.3 is 15.4 Å². The van der Waals surface area contributed by atoms with Crippen molar-refractivity contribution in [2.24, 2.45) is 0 Å². The Hall–Kier alpha value is -2.79. The molecule has 2 N–H and O–H groups in total. The first-order chi connectivity index (χ1) is 14.9. The van der Waals surface area contributed by atoms with Gasteiger partial charge in [-0.1, -0.05) is 42.5 Å². The maximum absolute atomic E-state index is 12.7. The van der Waals surface area contributed by atoms with Crippen molar-refractivity contribution in [3.63, 3.8) is 0 Å². The summed E-state index contributed by atoms with van der Waals surface area (Å²) in [5.74, 6) is 0.764. The molecule has 0 spiro atoms. The molecule has 1 fully saturated rings. The van der Waals surface area contributed by atoms with Crippen LogP contribution in [0.1, 0.15) is 35.1 Å². The first-order valence-corrected chi connectivity index (χ1v) is 11.1. The third kappa shape index (κ3) is 5.88. The molecule has 0 aliphatic carbocycles. The number of amides is 1. The molecule has 2 aromatic carbocycles. The third-order valence-corrected chi connectivity index (χ3v) is 6.43. The molecule has 3 rings (SSSR count). The van der Waals surface area contributed by atoms with Gasteiger partial charge in [-0.05, 0) is 61.9 Å². The lowest BCUT2D eigenvalue weighted by atomic mass is 10.0. The van der Waals surface area contributed by atoms with Gasteiger partial charge in [-0.15, -0.1) is 0 Å². The zero-order valence-corrected chi connectivity index (χ0v) is 19.2. The molecule has 1 aliphatic rings. The van der Waals surface area contributed by atoms with Crippen molar-refractivity contribution in [3.05, 3.63) is 64.7 Å². The van der Waals surface area contributed by atoms with Gasteiger partial charge in [-0.3, -0.25) is 9.69 Å². The molecule has 0 atom stereocenters. The van der Waals surface area contributed by atoms with Gasteiger partial charge in [0.2, 0.25) is 0 Å². The van der Waals surface area contributed by atoms with Gasteiger partial charge in [0.15, 0.2) is 6.61 Å². The highest BCUT2D eigenvalue weighted by molar-refractivity contribution is 5.78. The van der Waals surface area contributed by atoms with Gasteiger partial charge >= 0.3 is 0 Å². The van der Waals surface area contributed by atoms with Gasteiger partial charge in [0.25, 0.3) is 5.91 Å². The second kappa shape index (κ2) is 10.5. The molecule has 1 amide bonds. The minimum Gasteiger partial charge on any atom is -0.483 e. The molecule has 1 saturated heterocycles. The van der Waals surface area contributed by atoms with Crippen LogP contribution < -0.4 is 10.5 Å². The fourth-order valence-corrected chi connectivity index (χ4v) is 4.05. The maximum Gasteiger partial charge on any atom is 0.260 e. The molecule has 31 heavy (non-hydrogen) atoms. The van der Waals surface area contributed by atoms with Crippen molar-refractivity contribution in [1.29, 1.82) is 0 Å². The van der Waals surface area contributed by atoms with E-state index in [-0.39, 0.29) is 18.6 Å². The predicted molar refractivity (Wildman–Crippen MR) is 128 cm³/mol. The van der Waals surface area contributed by atoms with Gasteiger partial charge in [0.1, 0.15) is 5.75 Å². The van der Waals surface area contributed by atoms with Crippen LogP contribution >= 0.6 is 0 Å². The first kappa shape index (κ1) is 22.9. The van der Waals surface area contributed by atoms with Gasteiger partial charge in [0, 0.05) is 38.4 Å². The molecule has 0 aromatic heterocycles. The molecule has 0 saturated carbocycles. The highest BCUT2D eigenvalue weighted by atomic mass is 16.5. The van der Waals surface area contributed by atoms with Crippen LogP contribution in [0.2, 0.25) is 0 Å². The number of likely N-dealkylation sites (N-methyl/N-ethyl adjacent to an activating group) is 1. The number of anilines is 1. The quantitative estimate of drug-likeness (QED) is 0.681. The van der Waals surface area contributed by atoms with E-state index >= 15 is 0 Å². The average Bonchev–Trinajstić information content (AvgIpc) is 2.79. The molecule has 0 radical (unpaired) electrons. The van der Waals surface area contributed by atoms with Gasteiger partial charge in [-0.2, -0.15) is 0 Å². The van der Waals surface area contributed by atoms with Crippen molar-refractivity contribution in [2.75, 3.05) is 39.0 Å². The predicted octanol–water partition coefficient (Wildman–Crippen LogP) is 4.21. The van der Waals surface area contributed by atoms with Crippen molar-refractivity contribution in [1.82, 2.24) is 9.80 Å². The number of nitrogens with two attached hydrogens (primary N) is 1. The molecule has 5 nitrogen and oxygen atoms in total. The monoisotopic (exact) mass is 421 g/mol. The SMILES string of the molecule is Cc1cc(OCC(=O)N(C)C2CCN(C/C=C/c3ccccc3)CC2)c(C)c(C)c1N. The standard InChI is InChI=1S/C26H35N3O2/c1-19-17-24(20(2)21(3)26(19)27)31-18-25(30)28(4)23-12-15-29(16-13-23)14-8-11-22-9-6-5-7-10-22/h5-11,17,23H,12-16,18,27H2,1-4H3/b11-8+. The highest BCUT2D eigenvalue weighted by Crippen LogP contribution is 2.29. The lowest BCUT2D eigenvalue weighted by Gasteiger charge is -2.36. The van der Waals surface area contributed by atoms with Crippen LogP contribution in [0.5, 0.6) is 5.75 Å². The molecule has 5 heteroatoms. The number of carbonyl (C=O) groups is 1. The molecule has 0 bridgehead atoms. The number of nitrogen functional groups attached to an aromatic ring is 1. The van der Waals surface area contributed by atoms with Gasteiger partial charge in [-0.25, -0.2) is 0 Å². The van der Waals surface area contributed by atoms with Crippen LogP contribution in [-0.4, -0.2) is 55.0 Å². The first-order valence-electron chi connectivity index (χ1n) is 11.1. The summed E-state index contributed by atoms with van der Waals surface area (Å²) in [5, 5.41) is 0. The Morgan fingerprint density at radius 3 is 2.52 bits per heavy atom. The number of piperidine rings is 1. The number of hydrogen-bond acceptors (Lipinski definition) is 4. The Bertz CT molecular complexity index is 916. The van der Waals surface area contributed by atoms with E-state index in [0.29, 0.717) is 0 Å². The number of rotatable bonds is 7. The third-order valence-electron chi connectivity index (χ3n) is 6.43. The summed E-state index contributed by atoms with van der Waals surface area (Å²) in [6.45, 7) is 8.93. The van der Waals surface area contributed by atoms with E-state index in [1.54, 1.807) is 0 Å². The molecule has 2 aromatic rings. The Balaban J connectivity index is 1.45. The average molecular weight is 422 g/mol. The number of carbonyl (C=O) groups excluding carboxylic acids is 1. The van der Waals surface area contributed by atoms with Crippen LogP contribution in [0, 0.1) is 20.8 Å². The smallest absolute Gasteiger partial charge is 0.260 e. The summed E-state index contributed by atoms with van der Waals surface area (Å²) in [7, 11) is 1.90. The fourth-order valence-electron chi connectivity index (χ4n) is 4.05. The highest BCUT2D eigenvalue weighted by Gasteiger charge is 2.25. The lowest BCUT2D eigenvalue weighted by molar-refractivity contribution is -0.135. The molecular formula is C26H35N3O2. The van der Waals surface area contributed by atoms with Crippen molar-refractivity contribution in [3.8, 4) is 5.75 Å². The topological polar surface area (TPSA) is 58.8 Å². The molecule has 1 heterocycles. The van der Waals surface area contributed by atoms with Crippen LogP contribution in [0.15, 0.2) is 42.5 Å². The summed E-state index contributed by atoms with van der Waals surface area (Å²) < 4.78 is 5.88. The van der Waals surface area contributed by atoms with E-state index in [2.05, 4.69) is 41.3 Å². The summed E-state index contributed by atoms with van der Waals surface area (Å²) in [4.78, 5) is 17.0. The minimum absolute atomic E-state index is 0.0222. The van der Waals surface area contributed by atoms with Crippen LogP contribution in [-0.2, 0) is 4.79 Å². The van der Waals surface area contributed by atoms with Crippen LogP contribution in [0.4, 0.5) is 5.69 Å². The number of likely N-dealkylation sites (tertiary alicyclic amines) is 1. The largest absolute Gasteiger partial charge is 0.483 e. The number of benzene rings is 2. The van der Waals surface area contributed by atoms with Crippen molar-refractivity contribution < 1.29 is 9.53 Å². The Kier molecular flexibility index (Phi) is 7.75. The Morgan fingerprint density at radius 1 is 1.16 bits per heavy atom. The van der Waals surface area contributed by atoms with E-state index in [1.807, 2.05) is 44.9 Å². The Morgan fingerprint density at radius 2 is 1.84 bits per heavy atom. The maximum atomic E-state index is 12.7. The normalized spacial score (nSPS) is 15.4. The summed E-state index contributed by atoms with van der Waals surface area (Å²) in [6, 6.07) is 12.6. The molecular weight excluding hydrogens is 386 g/mol. The lowest BCUT2D eigenvalue weighted by Crippen LogP contribution is -2.46. The molecule has 1 aliphatic heterocycles. The van der Waals surface area contributed by atoms with E-state index in [1.165, 1.54) is 5.56 Å². The van der Waals surface area contributed by atoms with Crippen molar-refractivity contribution in [2.45, 2.75) is 39.7 Å². The Labute approximate surface area is 186 Å². The van der Waals surface area contributed by atoms with Crippen LogP contribution in [0.3, 0.4) is 0 Å². The van der Waals surface area contributed by atoms with Crippen molar-refractivity contribution >= 4 is 17.7 Å². The minimum atomic E-state index is 0.0222. The molecule has 166 valence electrons. The number of hydrogen-bond donors (Lipinski definition) is 1. The number of aryl methyl sites for hydroxylation is 1. The number of ether oxygens (including phenoxy) is 1. The van der Waals surface area contributed by atoms with E-state index in [0.717, 1.165) is 60.6 Å². The zero-order chi connectivity index (χ0) is 22.4. The van der Waals surface area contributed by atoms with E-state index in [4.69, 9.17) is 10.5 Å². The zero-order valence-electron chi connectivity index (χ0n) is 19.2. The second-order valence-electron chi connectivity index (χ2n) is 8.49. The number of nitrogens with zero attached hydrogens (tertiary/aromatic N) is 2. The van der Waals surface area contributed by atoms with E-state index < -0.39 is 0 Å². The summed E-state index contributed by atoms with van der Waals surface area (Å²) in [6.07, 6.45) is 6.36. The second-order valence-corrected chi connectivity index (χ2v) is 8.49. The van der Waals surface area contributed by atoms with Gasteiger partial charge in [0.05, 0.1) is 0 Å². The van der Waals surface area contributed by atoms with Crippen LogP contribution in [0.25, 0.3) is 6.08 Å². The fraction of sp³-hybridized carbons (Fsp3) is 0.423. The molecule has 0 unspecified atom stereocenters.